The quantitative estimate of drug-likeness (QED) is 0.348. The lowest BCUT2D eigenvalue weighted by atomic mass is 10.0. The molecule has 0 N–H and O–H groups in total. The highest BCUT2D eigenvalue weighted by Crippen LogP contribution is 2.33. The number of benzene rings is 2. The van der Waals surface area contributed by atoms with E-state index < -0.39 is 5.97 Å². The highest BCUT2D eigenvalue weighted by atomic mass is 32.1. The molecule has 0 unspecified atom stereocenters. The summed E-state index contributed by atoms with van der Waals surface area (Å²) < 4.78 is 23.4. The third kappa shape index (κ3) is 4.52. The van der Waals surface area contributed by atoms with Crippen molar-refractivity contribution in [3.05, 3.63) is 75.1 Å². The fourth-order valence-corrected chi connectivity index (χ4v) is 5.03. The summed E-state index contributed by atoms with van der Waals surface area (Å²) in [5, 5.41) is 2.50. The van der Waals surface area contributed by atoms with E-state index in [-0.39, 0.29) is 25.5 Å². The first-order valence-corrected chi connectivity index (χ1v) is 12.2. The fourth-order valence-electron chi connectivity index (χ4n) is 4.12. The highest BCUT2D eigenvalue weighted by molar-refractivity contribution is 7.17. The summed E-state index contributed by atoms with van der Waals surface area (Å²) in [6.45, 7) is 5.16. The maximum absolute atomic E-state index is 13.6. The van der Waals surface area contributed by atoms with Gasteiger partial charge in [0.2, 0.25) is 0 Å². The smallest absolute Gasteiger partial charge is 0.338 e. The number of hydrogen-bond donors (Lipinski definition) is 0. The van der Waals surface area contributed by atoms with Crippen LogP contribution in [0.2, 0.25) is 0 Å². The van der Waals surface area contributed by atoms with Crippen molar-refractivity contribution in [2.24, 2.45) is 0 Å². The second kappa shape index (κ2) is 9.89. The largest absolute Gasteiger partial charge is 0.494 e. The van der Waals surface area contributed by atoms with E-state index in [4.69, 9.17) is 18.9 Å². The zero-order chi connectivity index (χ0) is 24.4. The Morgan fingerprint density at radius 1 is 1.17 bits per heavy atom. The number of thiophene rings is 1. The van der Waals surface area contributed by atoms with Crippen LogP contribution in [0.3, 0.4) is 0 Å². The number of carbonyl (C=O) groups excluding carboxylic acids is 1. The summed E-state index contributed by atoms with van der Waals surface area (Å²) in [6.07, 6.45) is 1.53. The number of rotatable bonds is 7. The van der Waals surface area contributed by atoms with Gasteiger partial charge in [0.1, 0.15) is 16.3 Å². The van der Waals surface area contributed by atoms with Gasteiger partial charge in [-0.1, -0.05) is 12.1 Å². The predicted octanol–water partition coefficient (Wildman–Crippen LogP) is 4.62. The summed E-state index contributed by atoms with van der Waals surface area (Å²) in [5.74, 6) is 0.966. The molecule has 35 heavy (non-hydrogen) atoms. The van der Waals surface area contributed by atoms with Crippen LogP contribution in [-0.4, -0.2) is 35.5 Å². The second-order valence-corrected chi connectivity index (χ2v) is 8.78. The molecule has 0 bridgehead atoms. The Morgan fingerprint density at radius 3 is 2.77 bits per heavy atom. The second-order valence-electron chi connectivity index (χ2n) is 7.92. The minimum atomic E-state index is -0.432. The number of ether oxygens (including phenoxy) is 4. The average molecular weight is 493 g/mol. The molecule has 8 nitrogen and oxygen atoms in total. The summed E-state index contributed by atoms with van der Waals surface area (Å²) in [7, 11) is 0. The van der Waals surface area contributed by atoms with Crippen LogP contribution in [0.25, 0.3) is 21.3 Å². The van der Waals surface area contributed by atoms with E-state index in [9.17, 15) is 9.59 Å². The van der Waals surface area contributed by atoms with Crippen LogP contribution in [0.1, 0.15) is 35.3 Å². The van der Waals surface area contributed by atoms with Gasteiger partial charge in [-0.25, -0.2) is 9.78 Å². The van der Waals surface area contributed by atoms with Crippen LogP contribution in [0.15, 0.2) is 52.9 Å². The van der Waals surface area contributed by atoms with Gasteiger partial charge in [0, 0.05) is 22.1 Å². The van der Waals surface area contributed by atoms with Crippen molar-refractivity contribution < 1.29 is 23.7 Å². The van der Waals surface area contributed by atoms with Crippen molar-refractivity contribution in [1.29, 1.82) is 0 Å². The summed E-state index contributed by atoms with van der Waals surface area (Å²) in [4.78, 5) is 31.2. The fraction of sp³-hybridized carbons (Fsp3) is 0.269. The van der Waals surface area contributed by atoms with E-state index in [0.29, 0.717) is 40.3 Å². The Bertz CT molecular complexity index is 1440. The van der Waals surface area contributed by atoms with Crippen LogP contribution in [-0.2, 0) is 22.6 Å². The zero-order valence-electron chi connectivity index (χ0n) is 19.4. The van der Waals surface area contributed by atoms with Crippen molar-refractivity contribution >= 4 is 27.5 Å². The molecule has 180 valence electrons. The van der Waals surface area contributed by atoms with Gasteiger partial charge < -0.3 is 18.9 Å². The zero-order valence-corrected chi connectivity index (χ0v) is 20.2. The number of carbonyl (C=O) groups is 1. The van der Waals surface area contributed by atoms with E-state index in [1.807, 2.05) is 36.6 Å². The van der Waals surface area contributed by atoms with E-state index in [2.05, 4.69) is 4.98 Å². The molecule has 1 aliphatic heterocycles. The molecular formula is C26H24N2O6S. The SMILES string of the molecule is CCOC(=O)c1cc2c(c(Cn3cnc4scc(-c5ccc(OCC)cc5)c4c3=O)c1)OCOC2. The van der Waals surface area contributed by atoms with Crippen molar-refractivity contribution in [2.75, 3.05) is 20.0 Å². The molecule has 5 rings (SSSR count). The van der Waals surface area contributed by atoms with Crippen LogP contribution < -0.4 is 15.0 Å². The molecule has 0 saturated heterocycles. The standard InChI is InChI=1S/C26H24N2O6S/c1-3-32-20-7-5-16(6-8-20)21-13-35-24-22(21)25(29)28(14-27-24)11-18-9-17(26(30)33-4-2)10-19-12-31-15-34-23(18)19/h5-10,13-14H,3-4,11-12,15H2,1-2H3. The molecule has 1 aliphatic rings. The lowest BCUT2D eigenvalue weighted by molar-refractivity contribution is -0.0171. The van der Waals surface area contributed by atoms with E-state index in [0.717, 1.165) is 22.4 Å². The average Bonchev–Trinajstić information content (AvgIpc) is 3.31. The Hall–Kier alpha value is -3.69. The third-order valence-electron chi connectivity index (χ3n) is 5.68. The summed E-state index contributed by atoms with van der Waals surface area (Å²) >= 11 is 1.43. The van der Waals surface area contributed by atoms with Crippen molar-refractivity contribution in [3.8, 4) is 22.6 Å². The molecule has 4 aromatic rings. The minimum absolute atomic E-state index is 0.108. The van der Waals surface area contributed by atoms with E-state index >= 15 is 0 Å². The normalized spacial score (nSPS) is 12.7. The maximum atomic E-state index is 13.6. The topological polar surface area (TPSA) is 88.9 Å². The first-order valence-electron chi connectivity index (χ1n) is 11.3. The molecule has 2 aromatic carbocycles. The van der Waals surface area contributed by atoms with Crippen molar-refractivity contribution in [1.82, 2.24) is 9.55 Å². The van der Waals surface area contributed by atoms with Gasteiger partial charge in [-0.15, -0.1) is 11.3 Å². The molecule has 0 amide bonds. The minimum Gasteiger partial charge on any atom is -0.494 e. The molecule has 0 spiro atoms. The molecule has 2 aromatic heterocycles. The van der Waals surface area contributed by atoms with Gasteiger partial charge in [0.05, 0.1) is 43.6 Å². The molecule has 0 saturated carbocycles. The predicted molar refractivity (Wildman–Crippen MR) is 132 cm³/mol. The van der Waals surface area contributed by atoms with E-state index in [1.165, 1.54) is 22.2 Å². The van der Waals surface area contributed by atoms with Gasteiger partial charge in [-0.2, -0.15) is 0 Å². The van der Waals surface area contributed by atoms with Gasteiger partial charge in [0.25, 0.3) is 5.56 Å². The maximum Gasteiger partial charge on any atom is 0.338 e. The number of fused-ring (bicyclic) bond motifs is 2. The third-order valence-corrected chi connectivity index (χ3v) is 6.56. The summed E-state index contributed by atoms with van der Waals surface area (Å²) in [6, 6.07) is 11.1. The van der Waals surface area contributed by atoms with Crippen LogP contribution in [0, 0.1) is 0 Å². The molecular weight excluding hydrogens is 468 g/mol. The van der Waals surface area contributed by atoms with Gasteiger partial charge in [-0.3, -0.25) is 9.36 Å². The Morgan fingerprint density at radius 2 is 2.00 bits per heavy atom. The Balaban J connectivity index is 1.56. The first-order chi connectivity index (χ1) is 17.1. The first kappa shape index (κ1) is 23.1. The van der Waals surface area contributed by atoms with Crippen LogP contribution in [0.4, 0.5) is 0 Å². The molecule has 0 aliphatic carbocycles. The molecule has 0 radical (unpaired) electrons. The van der Waals surface area contributed by atoms with Crippen molar-refractivity contribution in [2.45, 2.75) is 27.0 Å². The monoisotopic (exact) mass is 492 g/mol. The number of esters is 1. The van der Waals surface area contributed by atoms with E-state index in [1.54, 1.807) is 19.1 Å². The lowest BCUT2D eigenvalue weighted by Gasteiger charge is -2.22. The lowest BCUT2D eigenvalue weighted by Crippen LogP contribution is -2.23. The van der Waals surface area contributed by atoms with Crippen LogP contribution in [0.5, 0.6) is 11.5 Å². The van der Waals surface area contributed by atoms with Crippen LogP contribution >= 0.6 is 11.3 Å². The van der Waals surface area contributed by atoms with Gasteiger partial charge in [-0.05, 0) is 43.7 Å². The number of nitrogens with zero attached hydrogens (tertiary/aromatic N) is 2. The van der Waals surface area contributed by atoms with Crippen molar-refractivity contribution in [3.63, 3.8) is 0 Å². The molecule has 3 heterocycles. The molecule has 9 heteroatoms. The Labute approximate surface area is 205 Å². The molecule has 0 fully saturated rings. The number of aromatic nitrogens is 2. The summed E-state index contributed by atoms with van der Waals surface area (Å²) in [5.41, 5.74) is 3.40. The highest BCUT2D eigenvalue weighted by Gasteiger charge is 2.21. The Kier molecular flexibility index (Phi) is 6.52. The molecule has 0 atom stereocenters. The van der Waals surface area contributed by atoms with Gasteiger partial charge in [0.15, 0.2) is 6.79 Å². The van der Waals surface area contributed by atoms with Gasteiger partial charge >= 0.3 is 5.97 Å². The number of hydrogen-bond acceptors (Lipinski definition) is 8.